The van der Waals surface area contributed by atoms with Gasteiger partial charge in [0.2, 0.25) is 0 Å². The summed E-state index contributed by atoms with van der Waals surface area (Å²) in [4.78, 5) is 12.9. The van der Waals surface area contributed by atoms with Crippen molar-refractivity contribution in [2.45, 2.75) is 19.8 Å². The van der Waals surface area contributed by atoms with E-state index in [1.807, 2.05) is 62.5 Å². The first-order valence-electron chi connectivity index (χ1n) is 9.29. The van der Waals surface area contributed by atoms with E-state index in [1.165, 1.54) is 0 Å². The van der Waals surface area contributed by atoms with Gasteiger partial charge in [-0.3, -0.25) is 4.79 Å². The van der Waals surface area contributed by atoms with Crippen LogP contribution in [0, 0.1) is 0 Å². The summed E-state index contributed by atoms with van der Waals surface area (Å²) in [5.74, 6) is 0.329. The SMILES string of the molecule is CC(C)c1c(C(=O)Nc2ccn(-c3ccccc3)n2)cnn1-c1ccc(Cl)cc1. The van der Waals surface area contributed by atoms with E-state index < -0.39 is 0 Å². The standard InChI is InChI=1S/C22H20ClN5O/c1-15(2)21-19(14-24-28(21)18-10-8-16(23)9-11-18)22(29)25-20-12-13-27(26-20)17-6-4-3-5-7-17/h3-15H,1-2H3,(H,25,26,29). The zero-order valence-corrected chi connectivity index (χ0v) is 16.8. The molecule has 4 rings (SSSR count). The second kappa shape index (κ2) is 7.93. The molecule has 2 aromatic carbocycles. The predicted molar refractivity (Wildman–Crippen MR) is 114 cm³/mol. The lowest BCUT2D eigenvalue weighted by molar-refractivity contribution is 0.102. The molecule has 0 saturated heterocycles. The number of rotatable bonds is 5. The fourth-order valence-corrected chi connectivity index (χ4v) is 3.30. The number of carbonyl (C=O) groups excluding carboxylic acids is 1. The molecule has 29 heavy (non-hydrogen) atoms. The van der Waals surface area contributed by atoms with Crippen LogP contribution in [0.2, 0.25) is 5.02 Å². The van der Waals surface area contributed by atoms with E-state index in [1.54, 1.807) is 33.8 Å². The Morgan fingerprint density at radius 2 is 1.72 bits per heavy atom. The molecule has 0 radical (unpaired) electrons. The second-order valence-corrected chi connectivity index (χ2v) is 7.36. The largest absolute Gasteiger partial charge is 0.305 e. The maximum atomic E-state index is 12.9. The van der Waals surface area contributed by atoms with Gasteiger partial charge in [-0.15, -0.1) is 0 Å². The number of carbonyl (C=O) groups is 1. The van der Waals surface area contributed by atoms with Crippen LogP contribution in [0.4, 0.5) is 5.82 Å². The molecule has 0 fully saturated rings. The molecule has 1 N–H and O–H groups in total. The maximum absolute atomic E-state index is 12.9. The molecule has 6 nitrogen and oxygen atoms in total. The number of anilines is 1. The minimum absolute atomic E-state index is 0.0933. The van der Waals surface area contributed by atoms with Gasteiger partial charge in [-0.2, -0.15) is 10.2 Å². The Labute approximate surface area is 173 Å². The molecule has 7 heteroatoms. The Balaban J connectivity index is 1.61. The minimum atomic E-state index is -0.243. The Bertz CT molecular complexity index is 1130. The van der Waals surface area contributed by atoms with E-state index in [4.69, 9.17) is 11.6 Å². The number of aromatic nitrogens is 4. The molecule has 0 bridgehead atoms. The Morgan fingerprint density at radius 1 is 1.00 bits per heavy atom. The lowest BCUT2D eigenvalue weighted by Gasteiger charge is -2.12. The molecule has 0 aliphatic carbocycles. The Kier molecular flexibility index (Phi) is 5.18. The summed E-state index contributed by atoms with van der Waals surface area (Å²) in [6.45, 7) is 4.06. The van der Waals surface area contributed by atoms with E-state index in [9.17, 15) is 4.79 Å². The smallest absolute Gasteiger partial charge is 0.260 e. The van der Waals surface area contributed by atoms with E-state index >= 15 is 0 Å². The average Bonchev–Trinajstić information content (AvgIpc) is 3.36. The van der Waals surface area contributed by atoms with Crippen LogP contribution in [0.5, 0.6) is 0 Å². The maximum Gasteiger partial charge on any atom is 0.260 e. The molecule has 0 aliphatic rings. The van der Waals surface area contributed by atoms with Crippen LogP contribution in [0.15, 0.2) is 73.1 Å². The lowest BCUT2D eigenvalue weighted by Crippen LogP contribution is -2.16. The number of para-hydroxylation sites is 1. The van der Waals surface area contributed by atoms with E-state index in [-0.39, 0.29) is 11.8 Å². The molecule has 0 spiro atoms. The van der Waals surface area contributed by atoms with Crippen molar-refractivity contribution in [3.05, 3.63) is 89.3 Å². The normalized spacial score (nSPS) is 11.0. The minimum Gasteiger partial charge on any atom is -0.305 e. The molecule has 0 aliphatic heterocycles. The van der Waals surface area contributed by atoms with Crippen molar-refractivity contribution in [3.63, 3.8) is 0 Å². The molecule has 0 unspecified atom stereocenters. The number of hydrogen-bond donors (Lipinski definition) is 1. The van der Waals surface area contributed by atoms with Crippen molar-refractivity contribution < 1.29 is 4.79 Å². The summed E-state index contributed by atoms with van der Waals surface area (Å²) in [5, 5.41) is 12.4. The predicted octanol–water partition coefficient (Wildman–Crippen LogP) is 5.09. The first-order valence-corrected chi connectivity index (χ1v) is 9.67. The summed E-state index contributed by atoms with van der Waals surface area (Å²) in [6.07, 6.45) is 3.40. The zero-order valence-electron chi connectivity index (χ0n) is 16.1. The summed E-state index contributed by atoms with van der Waals surface area (Å²) >= 11 is 5.99. The highest BCUT2D eigenvalue weighted by molar-refractivity contribution is 6.30. The van der Waals surface area contributed by atoms with Gasteiger partial charge in [-0.25, -0.2) is 9.36 Å². The van der Waals surface area contributed by atoms with Crippen molar-refractivity contribution in [1.82, 2.24) is 19.6 Å². The van der Waals surface area contributed by atoms with Gasteiger partial charge >= 0.3 is 0 Å². The number of nitrogens with one attached hydrogen (secondary N) is 1. The second-order valence-electron chi connectivity index (χ2n) is 6.92. The van der Waals surface area contributed by atoms with Crippen LogP contribution in [0.25, 0.3) is 11.4 Å². The van der Waals surface area contributed by atoms with E-state index in [2.05, 4.69) is 15.5 Å². The van der Waals surface area contributed by atoms with Gasteiger partial charge in [-0.1, -0.05) is 43.6 Å². The van der Waals surface area contributed by atoms with Gasteiger partial charge in [0.25, 0.3) is 5.91 Å². The van der Waals surface area contributed by atoms with E-state index in [0.29, 0.717) is 16.4 Å². The number of benzene rings is 2. The Morgan fingerprint density at radius 3 is 2.41 bits per heavy atom. The monoisotopic (exact) mass is 405 g/mol. The highest BCUT2D eigenvalue weighted by atomic mass is 35.5. The molecule has 4 aromatic rings. The van der Waals surface area contributed by atoms with Crippen LogP contribution >= 0.6 is 11.6 Å². The number of hydrogen-bond acceptors (Lipinski definition) is 3. The van der Waals surface area contributed by atoms with Crippen LogP contribution in [-0.2, 0) is 0 Å². The summed E-state index contributed by atoms with van der Waals surface area (Å²) in [6, 6.07) is 18.9. The van der Waals surface area contributed by atoms with Crippen molar-refractivity contribution >= 4 is 23.3 Å². The summed E-state index contributed by atoms with van der Waals surface area (Å²) < 4.78 is 3.49. The van der Waals surface area contributed by atoms with Gasteiger partial charge in [-0.05, 0) is 42.3 Å². The highest BCUT2D eigenvalue weighted by Gasteiger charge is 2.21. The quantitative estimate of drug-likeness (QED) is 0.503. The zero-order chi connectivity index (χ0) is 20.4. The third-order valence-corrected chi connectivity index (χ3v) is 4.77. The van der Waals surface area contributed by atoms with E-state index in [0.717, 1.165) is 17.1 Å². The molecular formula is C22H20ClN5O. The van der Waals surface area contributed by atoms with Crippen molar-refractivity contribution in [3.8, 4) is 11.4 Å². The van der Waals surface area contributed by atoms with Crippen LogP contribution in [-0.4, -0.2) is 25.5 Å². The van der Waals surface area contributed by atoms with Crippen LogP contribution in [0.1, 0.15) is 35.8 Å². The van der Waals surface area contributed by atoms with Gasteiger partial charge < -0.3 is 5.32 Å². The lowest BCUT2D eigenvalue weighted by atomic mass is 10.1. The number of amides is 1. The summed E-state index contributed by atoms with van der Waals surface area (Å²) in [5.41, 5.74) is 3.12. The van der Waals surface area contributed by atoms with Gasteiger partial charge in [0.05, 0.1) is 28.8 Å². The molecule has 1 amide bonds. The molecule has 2 heterocycles. The molecule has 0 saturated carbocycles. The van der Waals surface area contributed by atoms with Crippen molar-refractivity contribution in [2.75, 3.05) is 5.32 Å². The van der Waals surface area contributed by atoms with Gasteiger partial charge in [0.15, 0.2) is 5.82 Å². The molecule has 2 aromatic heterocycles. The number of nitrogens with zero attached hydrogens (tertiary/aromatic N) is 4. The average molecular weight is 406 g/mol. The molecule has 0 atom stereocenters. The summed E-state index contributed by atoms with van der Waals surface area (Å²) in [7, 11) is 0. The third kappa shape index (κ3) is 3.93. The van der Waals surface area contributed by atoms with Crippen LogP contribution in [0.3, 0.4) is 0 Å². The molecular weight excluding hydrogens is 386 g/mol. The molecule has 146 valence electrons. The topological polar surface area (TPSA) is 64.7 Å². The fraction of sp³-hybridized carbons (Fsp3) is 0.136. The van der Waals surface area contributed by atoms with Crippen LogP contribution < -0.4 is 5.32 Å². The van der Waals surface area contributed by atoms with Crippen molar-refractivity contribution in [1.29, 1.82) is 0 Å². The number of halogens is 1. The third-order valence-electron chi connectivity index (χ3n) is 4.52. The van der Waals surface area contributed by atoms with Gasteiger partial charge in [0.1, 0.15) is 0 Å². The highest BCUT2D eigenvalue weighted by Crippen LogP contribution is 2.24. The first-order chi connectivity index (χ1) is 14.0. The van der Waals surface area contributed by atoms with Crippen molar-refractivity contribution in [2.24, 2.45) is 0 Å². The fourth-order valence-electron chi connectivity index (χ4n) is 3.18. The first kappa shape index (κ1) is 19.0. The Hall–Kier alpha value is -3.38. The van der Waals surface area contributed by atoms with Gasteiger partial charge in [0, 0.05) is 17.3 Å².